The highest BCUT2D eigenvalue weighted by atomic mass is 35.5. The van der Waals surface area contributed by atoms with Crippen molar-refractivity contribution < 1.29 is 28.2 Å². The minimum Gasteiger partial charge on any atom is -0.496 e. The Balaban J connectivity index is 1.11. The Hall–Kier alpha value is -3.95. The summed E-state index contributed by atoms with van der Waals surface area (Å²) in [6.07, 6.45) is 4.14. The smallest absolute Gasteiger partial charge is 0.335 e. The van der Waals surface area contributed by atoms with Crippen molar-refractivity contribution in [3.05, 3.63) is 93.8 Å². The zero-order chi connectivity index (χ0) is 31.3. The van der Waals surface area contributed by atoms with Crippen LogP contribution in [0.1, 0.15) is 70.6 Å². The molecule has 1 saturated heterocycles. The molecule has 7 nitrogen and oxygen atoms in total. The number of aromatic nitrogens is 2. The third-order valence-corrected chi connectivity index (χ3v) is 9.78. The number of hydrogen-bond donors (Lipinski definition) is 1. The minimum absolute atomic E-state index is 0.174. The quantitative estimate of drug-likeness (QED) is 0.201. The molecule has 1 aliphatic carbocycles. The number of piperidine rings is 1. The van der Waals surface area contributed by atoms with Crippen molar-refractivity contribution in [1.82, 2.24) is 14.5 Å². The fraction of sp³-hybridized carbons (Fsp3) is 0.371. The number of imidazole rings is 1. The number of rotatable bonds is 9. The summed E-state index contributed by atoms with van der Waals surface area (Å²) in [6.45, 7) is 2.24. The second-order valence-corrected chi connectivity index (χ2v) is 12.9. The van der Waals surface area contributed by atoms with E-state index in [0.29, 0.717) is 40.7 Å². The molecule has 3 aromatic carbocycles. The van der Waals surface area contributed by atoms with Gasteiger partial charge in [0.15, 0.2) is 0 Å². The number of carboxylic acid groups (broad SMARTS) is 1. The Morgan fingerprint density at radius 3 is 2.64 bits per heavy atom. The average Bonchev–Trinajstić information content (AvgIpc) is 3.75. The molecule has 0 bridgehead atoms. The average molecular weight is 634 g/mol. The molecular weight excluding hydrogens is 600 g/mol. The van der Waals surface area contributed by atoms with E-state index in [4.69, 9.17) is 26.1 Å². The summed E-state index contributed by atoms with van der Waals surface area (Å²) in [5, 5.41) is 10.1. The molecule has 2 aliphatic heterocycles. The van der Waals surface area contributed by atoms with E-state index in [1.54, 1.807) is 49.6 Å². The van der Waals surface area contributed by atoms with Crippen LogP contribution < -0.4 is 9.47 Å². The van der Waals surface area contributed by atoms with Crippen molar-refractivity contribution in [1.29, 1.82) is 0 Å². The van der Waals surface area contributed by atoms with Crippen molar-refractivity contribution in [2.75, 3.05) is 26.9 Å². The van der Waals surface area contributed by atoms with E-state index in [0.717, 1.165) is 61.2 Å². The first-order valence-corrected chi connectivity index (χ1v) is 15.7. The predicted octanol–water partition coefficient (Wildman–Crippen LogP) is 7.97. The molecule has 2 fully saturated rings. The number of halogens is 3. The second kappa shape index (κ2) is 11.8. The summed E-state index contributed by atoms with van der Waals surface area (Å²) in [7, 11) is 1.55. The number of para-hydroxylation sites is 1. The lowest BCUT2D eigenvalue weighted by Crippen LogP contribution is -2.34. The lowest BCUT2D eigenvalue weighted by molar-refractivity contribution is 0.0697. The predicted molar refractivity (Wildman–Crippen MR) is 168 cm³/mol. The maximum atomic E-state index is 15.5. The van der Waals surface area contributed by atoms with E-state index in [1.165, 1.54) is 6.08 Å². The molecular formula is C35H34ClF2N3O4. The van der Waals surface area contributed by atoms with Gasteiger partial charge in [0.25, 0.3) is 0 Å². The number of carbonyl (C=O) groups is 1. The Kier molecular flexibility index (Phi) is 7.78. The Morgan fingerprint density at radius 1 is 1.13 bits per heavy atom. The molecule has 0 radical (unpaired) electrons. The summed E-state index contributed by atoms with van der Waals surface area (Å²) in [5.74, 6) is 0.765. The van der Waals surface area contributed by atoms with Crippen molar-refractivity contribution in [3.63, 3.8) is 0 Å². The van der Waals surface area contributed by atoms with Gasteiger partial charge in [0.1, 0.15) is 29.3 Å². The minimum atomic E-state index is -0.999. The molecule has 1 N–H and O–H groups in total. The number of benzene rings is 3. The molecule has 1 atom stereocenters. The van der Waals surface area contributed by atoms with Gasteiger partial charge in [-0.1, -0.05) is 23.7 Å². The highest BCUT2D eigenvalue weighted by Gasteiger charge is 2.44. The third-order valence-electron chi connectivity index (χ3n) is 9.55. The van der Waals surface area contributed by atoms with E-state index in [1.807, 2.05) is 16.7 Å². The van der Waals surface area contributed by atoms with Gasteiger partial charge >= 0.3 is 5.97 Å². The normalized spacial score (nSPS) is 19.6. The number of fused-ring (bicyclic) bond motifs is 2. The molecule has 45 heavy (non-hydrogen) atoms. The SMILES string of the molecule is COc1cc(Cl)ccc1[C@H]1C=C(F)c2cccc(C3CCN(Cc4nc5ccc(C(=O)O)cc5n4CC4(CF)CC4)CC3)c2O1. The summed E-state index contributed by atoms with van der Waals surface area (Å²) < 4.78 is 43.4. The van der Waals surface area contributed by atoms with Gasteiger partial charge in [0.2, 0.25) is 0 Å². The number of alkyl halides is 1. The molecule has 7 rings (SSSR count). The largest absolute Gasteiger partial charge is 0.496 e. The van der Waals surface area contributed by atoms with E-state index in [9.17, 15) is 14.3 Å². The number of ether oxygens (including phenoxy) is 2. The van der Waals surface area contributed by atoms with E-state index < -0.39 is 24.2 Å². The molecule has 3 aliphatic rings. The standard InChI is InChI=1S/C35H34ClF2N3O4/c1-44-30-16-23(36)6-7-26(30)31-17-27(38)25-4-2-3-24(33(25)45-31)21-9-13-40(14-10-21)18-32-39-28-8-5-22(34(42)43)15-29(28)41(32)20-35(19-37)11-12-35/h2-8,15-17,21,31H,9-14,18-20H2,1H3,(H,42,43)/t31-/m1/s1. The van der Waals surface area contributed by atoms with Crippen LogP contribution in [0.3, 0.4) is 0 Å². The van der Waals surface area contributed by atoms with Crippen molar-refractivity contribution in [2.45, 2.75) is 50.8 Å². The first-order valence-electron chi connectivity index (χ1n) is 15.3. The highest BCUT2D eigenvalue weighted by Crippen LogP contribution is 2.49. The van der Waals surface area contributed by atoms with Gasteiger partial charge in [-0.25, -0.2) is 14.2 Å². The van der Waals surface area contributed by atoms with Gasteiger partial charge in [0.05, 0.1) is 42.5 Å². The number of aromatic carboxylic acids is 1. The molecule has 1 saturated carbocycles. The van der Waals surface area contributed by atoms with Crippen LogP contribution in [0.4, 0.5) is 8.78 Å². The summed E-state index contributed by atoms with van der Waals surface area (Å²) in [5.41, 5.74) is 3.39. The van der Waals surface area contributed by atoms with Gasteiger partial charge in [-0.2, -0.15) is 0 Å². The Labute approximate surface area is 265 Å². The summed E-state index contributed by atoms with van der Waals surface area (Å²) >= 11 is 6.16. The van der Waals surface area contributed by atoms with E-state index in [2.05, 4.69) is 4.90 Å². The monoisotopic (exact) mass is 633 g/mol. The lowest BCUT2D eigenvalue weighted by Gasteiger charge is -2.34. The molecule has 4 aromatic rings. The van der Waals surface area contributed by atoms with Crippen molar-refractivity contribution in [3.8, 4) is 11.5 Å². The van der Waals surface area contributed by atoms with E-state index >= 15 is 4.39 Å². The number of methoxy groups -OCH3 is 1. The fourth-order valence-electron chi connectivity index (χ4n) is 6.70. The molecule has 234 valence electrons. The first kappa shape index (κ1) is 29.7. The number of carboxylic acids is 1. The molecule has 0 unspecified atom stereocenters. The highest BCUT2D eigenvalue weighted by molar-refractivity contribution is 6.30. The lowest BCUT2D eigenvalue weighted by atomic mass is 9.86. The van der Waals surface area contributed by atoms with Crippen LogP contribution in [-0.4, -0.2) is 52.4 Å². The van der Waals surface area contributed by atoms with Crippen molar-refractivity contribution >= 4 is 34.4 Å². The van der Waals surface area contributed by atoms with Gasteiger partial charge in [-0.15, -0.1) is 0 Å². The summed E-state index contributed by atoms with van der Waals surface area (Å²) in [6, 6.07) is 15.8. The van der Waals surface area contributed by atoms with Crippen LogP contribution in [0.15, 0.2) is 60.7 Å². The summed E-state index contributed by atoms with van der Waals surface area (Å²) in [4.78, 5) is 18.9. The fourth-order valence-corrected chi connectivity index (χ4v) is 6.87. The zero-order valence-electron chi connectivity index (χ0n) is 24.9. The van der Waals surface area contributed by atoms with Crippen LogP contribution in [0, 0.1) is 5.41 Å². The number of nitrogens with zero attached hydrogens (tertiary/aromatic N) is 3. The zero-order valence-corrected chi connectivity index (χ0v) is 25.7. The van der Waals surface area contributed by atoms with Crippen LogP contribution in [0.2, 0.25) is 5.02 Å². The maximum Gasteiger partial charge on any atom is 0.335 e. The maximum absolute atomic E-state index is 15.5. The van der Waals surface area contributed by atoms with Crippen LogP contribution in [0.5, 0.6) is 11.5 Å². The Morgan fingerprint density at radius 2 is 1.93 bits per heavy atom. The van der Waals surface area contributed by atoms with Gasteiger partial charge in [0, 0.05) is 22.5 Å². The second-order valence-electron chi connectivity index (χ2n) is 12.5. The molecule has 10 heteroatoms. The molecule has 1 aromatic heterocycles. The number of likely N-dealkylation sites (tertiary alicyclic amines) is 1. The van der Waals surface area contributed by atoms with Gasteiger partial charge < -0.3 is 19.1 Å². The third kappa shape index (κ3) is 5.68. The van der Waals surface area contributed by atoms with Crippen LogP contribution in [0.25, 0.3) is 16.9 Å². The van der Waals surface area contributed by atoms with Crippen molar-refractivity contribution in [2.24, 2.45) is 5.41 Å². The van der Waals surface area contributed by atoms with Gasteiger partial charge in [-0.3, -0.25) is 9.29 Å². The molecule has 0 amide bonds. The Bertz CT molecular complexity index is 1810. The molecule has 0 spiro atoms. The van der Waals surface area contributed by atoms with Crippen LogP contribution >= 0.6 is 11.6 Å². The van der Waals surface area contributed by atoms with Crippen LogP contribution in [-0.2, 0) is 13.1 Å². The van der Waals surface area contributed by atoms with E-state index in [-0.39, 0.29) is 17.3 Å². The molecule has 3 heterocycles. The van der Waals surface area contributed by atoms with Gasteiger partial charge in [-0.05, 0) is 98.8 Å². The number of hydrogen-bond acceptors (Lipinski definition) is 5. The first-order chi connectivity index (χ1) is 21.8. The topological polar surface area (TPSA) is 76.8 Å².